The minimum absolute atomic E-state index is 1.11. The topological polar surface area (TPSA) is 0 Å². The van der Waals surface area contributed by atoms with E-state index in [-0.39, 0.29) is 0 Å². The lowest BCUT2D eigenvalue weighted by atomic mass is 10.1. The van der Waals surface area contributed by atoms with Crippen molar-refractivity contribution in [1.82, 2.24) is 0 Å². The van der Waals surface area contributed by atoms with Crippen molar-refractivity contribution in [2.45, 2.75) is 38.5 Å². The maximum atomic E-state index is 3.27. The fourth-order valence-electron chi connectivity index (χ4n) is 1.23. The fraction of sp³-hybridized carbons (Fsp3) is 0.500. The van der Waals surface area contributed by atoms with Crippen molar-refractivity contribution in [3.63, 3.8) is 0 Å². The van der Waals surface area contributed by atoms with Crippen molar-refractivity contribution in [2.24, 2.45) is 0 Å². The molecule has 12 heavy (non-hydrogen) atoms. The Hall–Kier alpha value is -0.780. The summed E-state index contributed by atoms with van der Waals surface area (Å²) >= 11 is 0. The zero-order valence-electron chi connectivity index (χ0n) is 7.63. The van der Waals surface area contributed by atoms with Gasteiger partial charge in [-0.1, -0.05) is 30.4 Å². The van der Waals surface area contributed by atoms with E-state index in [1.165, 1.54) is 25.7 Å². The van der Waals surface area contributed by atoms with Gasteiger partial charge in [-0.05, 0) is 44.6 Å². The molecule has 0 N–H and O–H groups in total. The second kappa shape index (κ2) is 6.90. The molecule has 0 aromatic heterocycles. The molecule has 1 rings (SSSR count). The van der Waals surface area contributed by atoms with E-state index >= 15 is 0 Å². The Bertz CT molecular complexity index is 172. The monoisotopic (exact) mass is 161 g/mol. The van der Waals surface area contributed by atoms with Crippen LogP contribution in [0.2, 0.25) is 0 Å². The van der Waals surface area contributed by atoms with Gasteiger partial charge in [0.05, 0.1) is 0 Å². The first-order chi connectivity index (χ1) is 6.00. The first-order valence-corrected chi connectivity index (χ1v) is 4.87. The summed E-state index contributed by atoms with van der Waals surface area (Å²) in [7, 11) is 0. The van der Waals surface area contributed by atoms with Crippen LogP contribution in [0.25, 0.3) is 0 Å². The number of hydrogen-bond acceptors (Lipinski definition) is 0. The van der Waals surface area contributed by atoms with Gasteiger partial charge in [0.2, 0.25) is 0 Å². The standard InChI is InChI=1S/C12H17/c1-2-4-6-8-10-12-11-9-7-5-3-1/h1-3,8,10H,4,6-7,9,11-12H2. The van der Waals surface area contributed by atoms with Gasteiger partial charge in [0.1, 0.15) is 0 Å². The molecule has 0 fully saturated rings. The van der Waals surface area contributed by atoms with Gasteiger partial charge in [0, 0.05) is 0 Å². The Morgan fingerprint density at radius 1 is 0.833 bits per heavy atom. The molecule has 0 spiro atoms. The highest BCUT2D eigenvalue weighted by Gasteiger charge is 1.84. The molecule has 0 bridgehead atoms. The van der Waals surface area contributed by atoms with Gasteiger partial charge in [-0.25, -0.2) is 0 Å². The molecule has 0 amide bonds. The highest BCUT2D eigenvalue weighted by Crippen LogP contribution is 2.04. The second-order valence-electron chi connectivity index (χ2n) is 3.09. The van der Waals surface area contributed by atoms with Crippen molar-refractivity contribution in [3.8, 4) is 0 Å². The van der Waals surface area contributed by atoms with Gasteiger partial charge in [-0.2, -0.15) is 0 Å². The molecule has 0 aromatic carbocycles. The largest absolute Gasteiger partial charge is 0.0885 e. The van der Waals surface area contributed by atoms with Gasteiger partial charge >= 0.3 is 0 Å². The third kappa shape index (κ3) is 4.95. The van der Waals surface area contributed by atoms with E-state index in [0.29, 0.717) is 0 Å². The summed E-state index contributed by atoms with van der Waals surface area (Å²) in [4.78, 5) is 0. The summed E-state index contributed by atoms with van der Waals surface area (Å²) in [5, 5.41) is 0. The third-order valence-electron chi connectivity index (χ3n) is 1.96. The van der Waals surface area contributed by atoms with E-state index in [2.05, 4.69) is 30.4 Å². The molecule has 1 aliphatic rings. The molecule has 0 saturated heterocycles. The SMILES string of the molecule is [C]1=CC=CCCC=CCCCC1. The van der Waals surface area contributed by atoms with Gasteiger partial charge in [-0.15, -0.1) is 0 Å². The lowest BCUT2D eigenvalue weighted by molar-refractivity contribution is 0.752. The van der Waals surface area contributed by atoms with E-state index in [1.54, 1.807) is 0 Å². The van der Waals surface area contributed by atoms with E-state index in [9.17, 15) is 0 Å². The summed E-state index contributed by atoms with van der Waals surface area (Å²) in [5.74, 6) is 0. The zero-order chi connectivity index (χ0) is 8.49. The molecule has 1 radical (unpaired) electrons. The molecule has 0 atom stereocenters. The molecule has 0 heteroatoms. The molecule has 0 heterocycles. The lowest BCUT2D eigenvalue weighted by Crippen LogP contribution is -1.74. The van der Waals surface area contributed by atoms with Gasteiger partial charge in [0.25, 0.3) is 0 Å². The predicted octanol–water partition coefficient (Wildman–Crippen LogP) is 3.81. The Morgan fingerprint density at radius 3 is 2.67 bits per heavy atom. The molecule has 0 saturated carbocycles. The van der Waals surface area contributed by atoms with Crippen LogP contribution in [0.3, 0.4) is 0 Å². The zero-order valence-corrected chi connectivity index (χ0v) is 7.63. The van der Waals surface area contributed by atoms with Gasteiger partial charge in [0.15, 0.2) is 0 Å². The van der Waals surface area contributed by atoms with Gasteiger partial charge < -0.3 is 0 Å². The van der Waals surface area contributed by atoms with Crippen molar-refractivity contribution in [2.75, 3.05) is 0 Å². The van der Waals surface area contributed by atoms with Crippen LogP contribution in [-0.2, 0) is 0 Å². The van der Waals surface area contributed by atoms with E-state index < -0.39 is 0 Å². The Kier molecular flexibility index (Phi) is 5.35. The fourth-order valence-corrected chi connectivity index (χ4v) is 1.23. The summed E-state index contributed by atoms with van der Waals surface area (Å²) in [5.41, 5.74) is 0. The highest BCUT2D eigenvalue weighted by molar-refractivity contribution is 5.00. The van der Waals surface area contributed by atoms with Crippen LogP contribution in [0.15, 0.2) is 30.4 Å². The minimum atomic E-state index is 1.11. The maximum Gasteiger partial charge on any atom is -0.0276 e. The van der Waals surface area contributed by atoms with Crippen molar-refractivity contribution in [3.05, 3.63) is 36.5 Å². The number of rotatable bonds is 0. The van der Waals surface area contributed by atoms with Crippen molar-refractivity contribution < 1.29 is 0 Å². The lowest BCUT2D eigenvalue weighted by Gasteiger charge is -1.93. The van der Waals surface area contributed by atoms with Crippen LogP contribution >= 0.6 is 0 Å². The summed E-state index contributed by atoms with van der Waals surface area (Å²) in [6.07, 6.45) is 21.5. The Labute approximate surface area is 75.7 Å². The van der Waals surface area contributed by atoms with E-state index in [1.807, 2.05) is 6.08 Å². The molecule has 0 unspecified atom stereocenters. The van der Waals surface area contributed by atoms with E-state index in [0.717, 1.165) is 12.8 Å². The molecular formula is C12H17. The van der Waals surface area contributed by atoms with Crippen LogP contribution in [0.5, 0.6) is 0 Å². The Balaban J connectivity index is 2.31. The van der Waals surface area contributed by atoms with E-state index in [4.69, 9.17) is 0 Å². The molecule has 0 nitrogen and oxygen atoms in total. The third-order valence-corrected chi connectivity index (χ3v) is 1.96. The Morgan fingerprint density at radius 2 is 1.67 bits per heavy atom. The molecule has 65 valence electrons. The summed E-state index contributed by atoms with van der Waals surface area (Å²) in [6.45, 7) is 0. The van der Waals surface area contributed by atoms with Crippen LogP contribution in [0.1, 0.15) is 38.5 Å². The average molecular weight is 161 g/mol. The second-order valence-corrected chi connectivity index (χ2v) is 3.09. The summed E-state index contributed by atoms with van der Waals surface area (Å²) in [6, 6.07) is 0. The molecular weight excluding hydrogens is 144 g/mol. The van der Waals surface area contributed by atoms with Crippen LogP contribution in [-0.4, -0.2) is 0 Å². The first-order valence-electron chi connectivity index (χ1n) is 4.87. The van der Waals surface area contributed by atoms with Crippen LogP contribution in [0, 0.1) is 6.08 Å². The maximum absolute atomic E-state index is 3.27. The van der Waals surface area contributed by atoms with Crippen molar-refractivity contribution in [1.29, 1.82) is 0 Å². The number of allylic oxidation sites excluding steroid dienone is 6. The van der Waals surface area contributed by atoms with Crippen LogP contribution in [0.4, 0.5) is 0 Å². The van der Waals surface area contributed by atoms with Crippen molar-refractivity contribution >= 4 is 0 Å². The number of hydrogen-bond donors (Lipinski definition) is 0. The first kappa shape index (κ1) is 9.31. The molecule has 1 aliphatic carbocycles. The van der Waals surface area contributed by atoms with Gasteiger partial charge in [-0.3, -0.25) is 0 Å². The highest BCUT2D eigenvalue weighted by atomic mass is 13.9. The summed E-state index contributed by atoms with van der Waals surface area (Å²) < 4.78 is 0. The molecule has 0 aromatic rings. The quantitative estimate of drug-likeness (QED) is 0.474. The van der Waals surface area contributed by atoms with Crippen LogP contribution < -0.4 is 0 Å². The minimum Gasteiger partial charge on any atom is -0.0885 e. The molecule has 0 aliphatic heterocycles. The average Bonchev–Trinajstić information content (AvgIpc) is 2.05. The predicted molar refractivity (Wildman–Crippen MR) is 53.8 cm³/mol. The smallest absolute Gasteiger partial charge is 0.0276 e. The normalized spacial score (nSPS) is 20.0.